The average Bonchev–Trinajstić information content (AvgIpc) is 2.39. The molecule has 0 aliphatic rings. The van der Waals surface area contributed by atoms with Crippen molar-refractivity contribution in [2.24, 2.45) is 0 Å². The highest BCUT2D eigenvalue weighted by atomic mass is 35.5. The zero-order valence-electron chi connectivity index (χ0n) is 10.2. The highest BCUT2D eigenvalue weighted by Crippen LogP contribution is 2.12. The van der Waals surface area contributed by atoms with E-state index in [0.717, 1.165) is 6.08 Å². The van der Waals surface area contributed by atoms with E-state index in [1.54, 1.807) is 31.3 Å². The number of halogens is 1. The Morgan fingerprint density at radius 3 is 3.05 bits per heavy atom. The van der Waals surface area contributed by atoms with Gasteiger partial charge in [-0.1, -0.05) is 17.7 Å². The van der Waals surface area contributed by atoms with Gasteiger partial charge in [0.25, 0.3) is 5.56 Å². The van der Waals surface area contributed by atoms with Crippen LogP contribution in [0, 0.1) is 0 Å². The molecule has 0 saturated heterocycles. The van der Waals surface area contributed by atoms with Gasteiger partial charge in [0.1, 0.15) is 10.8 Å². The van der Waals surface area contributed by atoms with Crippen molar-refractivity contribution in [2.45, 2.75) is 6.92 Å². The summed E-state index contributed by atoms with van der Waals surface area (Å²) in [6.45, 7) is 1.97. The van der Waals surface area contributed by atoms with Crippen molar-refractivity contribution >= 4 is 29.3 Å². The van der Waals surface area contributed by atoms with Gasteiger partial charge in [0.05, 0.1) is 12.2 Å². The van der Waals surface area contributed by atoms with E-state index in [9.17, 15) is 9.59 Å². The molecule has 2 aromatic rings. The van der Waals surface area contributed by atoms with E-state index in [4.69, 9.17) is 16.3 Å². The van der Waals surface area contributed by atoms with Crippen molar-refractivity contribution in [2.75, 3.05) is 6.61 Å². The van der Waals surface area contributed by atoms with Gasteiger partial charge < -0.3 is 4.74 Å². The van der Waals surface area contributed by atoms with E-state index in [2.05, 4.69) is 4.98 Å². The molecule has 0 aromatic carbocycles. The minimum Gasteiger partial charge on any atom is -0.463 e. The number of fused-ring (bicyclic) bond motifs is 1. The Morgan fingerprint density at radius 1 is 1.53 bits per heavy atom. The molecule has 0 aliphatic carbocycles. The van der Waals surface area contributed by atoms with Gasteiger partial charge in [0, 0.05) is 12.3 Å². The summed E-state index contributed by atoms with van der Waals surface area (Å²) in [7, 11) is 0. The zero-order chi connectivity index (χ0) is 13.8. The number of carbonyl (C=O) groups excluding carboxylic acids is 1. The molecule has 98 valence electrons. The maximum absolute atomic E-state index is 12.2. The van der Waals surface area contributed by atoms with Crippen LogP contribution >= 0.6 is 11.6 Å². The topological polar surface area (TPSA) is 60.7 Å². The van der Waals surface area contributed by atoms with E-state index in [-0.39, 0.29) is 22.9 Å². The Labute approximate surface area is 114 Å². The van der Waals surface area contributed by atoms with Gasteiger partial charge in [-0.05, 0) is 25.1 Å². The normalized spacial score (nSPS) is 11.1. The Balaban J connectivity index is 2.49. The summed E-state index contributed by atoms with van der Waals surface area (Å²) in [6.07, 6.45) is 4.06. The molecule has 0 unspecified atom stereocenters. The third-order valence-corrected chi connectivity index (χ3v) is 2.68. The van der Waals surface area contributed by atoms with Crippen molar-refractivity contribution in [1.29, 1.82) is 0 Å². The molecule has 2 rings (SSSR count). The Morgan fingerprint density at radius 2 is 2.32 bits per heavy atom. The lowest BCUT2D eigenvalue weighted by molar-refractivity contribution is -0.137. The van der Waals surface area contributed by atoms with Crippen molar-refractivity contribution in [3.05, 3.63) is 51.5 Å². The lowest BCUT2D eigenvalue weighted by Crippen LogP contribution is -2.18. The smallest absolute Gasteiger partial charge is 0.330 e. The first kappa shape index (κ1) is 13.3. The molecule has 6 heteroatoms. The second kappa shape index (κ2) is 5.67. The third kappa shape index (κ3) is 2.82. The van der Waals surface area contributed by atoms with Gasteiger partial charge in [0.2, 0.25) is 0 Å². The van der Waals surface area contributed by atoms with Crippen LogP contribution in [0.4, 0.5) is 0 Å². The SMILES string of the molecule is CCOC(=O)C=Cc1c(Cl)nc2ccccn2c1=O. The zero-order valence-corrected chi connectivity index (χ0v) is 10.9. The van der Waals surface area contributed by atoms with Crippen LogP contribution in [0.15, 0.2) is 35.3 Å². The molecule has 0 fully saturated rings. The van der Waals surface area contributed by atoms with Gasteiger partial charge in [-0.2, -0.15) is 0 Å². The fourth-order valence-electron chi connectivity index (χ4n) is 1.56. The monoisotopic (exact) mass is 278 g/mol. The number of nitrogens with zero attached hydrogens (tertiary/aromatic N) is 2. The number of ether oxygens (including phenoxy) is 1. The minimum atomic E-state index is -0.531. The molecule has 0 aliphatic heterocycles. The summed E-state index contributed by atoms with van der Waals surface area (Å²) in [5.74, 6) is -0.531. The van der Waals surface area contributed by atoms with E-state index >= 15 is 0 Å². The van der Waals surface area contributed by atoms with Crippen molar-refractivity contribution in [3.8, 4) is 0 Å². The van der Waals surface area contributed by atoms with E-state index in [0.29, 0.717) is 5.65 Å². The molecule has 0 spiro atoms. The summed E-state index contributed by atoms with van der Waals surface area (Å²) in [5.41, 5.74) is 0.264. The summed E-state index contributed by atoms with van der Waals surface area (Å²) >= 11 is 5.94. The first-order valence-corrected chi connectivity index (χ1v) is 6.03. The molecule has 0 N–H and O–H groups in total. The summed E-state index contributed by atoms with van der Waals surface area (Å²) in [6, 6.07) is 5.14. The van der Waals surface area contributed by atoms with Crippen molar-refractivity contribution in [3.63, 3.8) is 0 Å². The van der Waals surface area contributed by atoms with Gasteiger partial charge in [-0.25, -0.2) is 9.78 Å². The molecular weight excluding hydrogens is 268 g/mol. The van der Waals surface area contributed by atoms with Crippen molar-refractivity contribution in [1.82, 2.24) is 9.38 Å². The molecular formula is C13H11ClN2O3. The lowest BCUT2D eigenvalue weighted by atomic mass is 10.3. The number of rotatable bonds is 3. The van der Waals surface area contributed by atoms with Crippen LogP contribution in [0.3, 0.4) is 0 Å². The molecule has 19 heavy (non-hydrogen) atoms. The maximum atomic E-state index is 12.2. The third-order valence-electron chi connectivity index (χ3n) is 2.40. The molecule has 0 radical (unpaired) electrons. The largest absolute Gasteiger partial charge is 0.463 e. The lowest BCUT2D eigenvalue weighted by Gasteiger charge is -2.02. The quantitative estimate of drug-likeness (QED) is 0.489. The van der Waals surface area contributed by atoms with Gasteiger partial charge in [-0.3, -0.25) is 9.20 Å². The Hall–Kier alpha value is -2.14. The van der Waals surface area contributed by atoms with E-state index < -0.39 is 5.97 Å². The van der Waals surface area contributed by atoms with Crippen LogP contribution in [0.1, 0.15) is 12.5 Å². The first-order chi connectivity index (χ1) is 9.13. The van der Waals surface area contributed by atoms with Crippen LogP contribution in [0.25, 0.3) is 11.7 Å². The van der Waals surface area contributed by atoms with Crippen LogP contribution in [-0.2, 0) is 9.53 Å². The predicted molar refractivity (Wildman–Crippen MR) is 72.1 cm³/mol. The fraction of sp³-hybridized carbons (Fsp3) is 0.154. The molecule has 0 atom stereocenters. The molecule has 0 bridgehead atoms. The number of esters is 1. The predicted octanol–water partition coefficient (Wildman–Crippen LogP) is 1.92. The van der Waals surface area contributed by atoms with Gasteiger partial charge in [0.15, 0.2) is 0 Å². The second-order valence-corrected chi connectivity index (χ2v) is 3.99. The van der Waals surface area contributed by atoms with Crippen LogP contribution in [0.2, 0.25) is 5.15 Å². The van der Waals surface area contributed by atoms with Gasteiger partial charge >= 0.3 is 5.97 Å². The highest BCUT2D eigenvalue weighted by molar-refractivity contribution is 6.31. The summed E-state index contributed by atoms with van der Waals surface area (Å²) < 4.78 is 6.09. The number of carbonyl (C=O) groups is 1. The first-order valence-electron chi connectivity index (χ1n) is 5.65. The van der Waals surface area contributed by atoms with E-state index in [1.807, 2.05) is 0 Å². The number of pyridine rings is 1. The molecule has 0 saturated carbocycles. The second-order valence-electron chi connectivity index (χ2n) is 3.64. The summed E-state index contributed by atoms with van der Waals surface area (Å²) in [5, 5.41) is 0.0525. The highest BCUT2D eigenvalue weighted by Gasteiger charge is 2.08. The number of hydrogen-bond donors (Lipinski definition) is 0. The summed E-state index contributed by atoms with van der Waals surface area (Å²) in [4.78, 5) is 27.5. The molecule has 0 amide bonds. The number of aromatic nitrogens is 2. The minimum absolute atomic E-state index is 0.0525. The van der Waals surface area contributed by atoms with Crippen LogP contribution in [-0.4, -0.2) is 22.0 Å². The fourth-order valence-corrected chi connectivity index (χ4v) is 1.79. The van der Waals surface area contributed by atoms with Crippen LogP contribution in [0.5, 0.6) is 0 Å². The molecule has 2 aromatic heterocycles. The number of hydrogen-bond acceptors (Lipinski definition) is 4. The van der Waals surface area contributed by atoms with Crippen molar-refractivity contribution < 1.29 is 9.53 Å². The Bertz CT molecular complexity index is 707. The maximum Gasteiger partial charge on any atom is 0.330 e. The molecule has 2 heterocycles. The van der Waals surface area contributed by atoms with Crippen LogP contribution < -0.4 is 5.56 Å². The standard InChI is InChI=1S/C13H11ClN2O3/c1-2-19-11(17)7-6-9-12(14)15-10-5-3-4-8-16(10)13(9)18/h3-8H,2H2,1H3. The molecule has 5 nitrogen and oxygen atoms in total. The average molecular weight is 279 g/mol. The van der Waals surface area contributed by atoms with E-state index in [1.165, 1.54) is 10.5 Å². The van der Waals surface area contributed by atoms with Gasteiger partial charge in [-0.15, -0.1) is 0 Å². The Kier molecular flexibility index (Phi) is 3.97.